The number of hydrogen-bond donors (Lipinski definition) is 1. The van der Waals surface area contributed by atoms with Crippen LogP contribution in [0.1, 0.15) is 62.3 Å². The van der Waals surface area contributed by atoms with Gasteiger partial charge < -0.3 is 9.84 Å². The van der Waals surface area contributed by atoms with Gasteiger partial charge in [-0.15, -0.1) is 0 Å². The number of hydrogen-bond acceptors (Lipinski definition) is 5. The van der Waals surface area contributed by atoms with Gasteiger partial charge in [0.25, 0.3) is 5.56 Å². The van der Waals surface area contributed by atoms with Gasteiger partial charge in [-0.2, -0.15) is 5.10 Å². The first kappa shape index (κ1) is 24.4. The molecule has 1 aliphatic carbocycles. The van der Waals surface area contributed by atoms with Gasteiger partial charge >= 0.3 is 11.7 Å². The lowest BCUT2D eigenvalue weighted by atomic mass is 10.0. The highest BCUT2D eigenvalue weighted by molar-refractivity contribution is 5.76. The molecule has 0 aliphatic heterocycles. The monoisotopic (exact) mass is 477 g/mol. The third-order valence-electron chi connectivity index (χ3n) is 6.50. The maximum absolute atomic E-state index is 13.3. The van der Waals surface area contributed by atoms with Crippen LogP contribution in [0.2, 0.25) is 0 Å². The number of aliphatic carboxylic acids is 1. The second kappa shape index (κ2) is 10.3. The summed E-state index contributed by atoms with van der Waals surface area (Å²) in [6, 6.07) is 16.7. The number of benzene rings is 2. The Hall–Kier alpha value is -3.68. The summed E-state index contributed by atoms with van der Waals surface area (Å²) < 4.78 is 8.27. The van der Waals surface area contributed by atoms with Gasteiger partial charge in [0.1, 0.15) is 11.4 Å². The summed E-state index contributed by atoms with van der Waals surface area (Å²) in [7, 11) is 0. The molecule has 0 saturated heterocycles. The zero-order valence-corrected chi connectivity index (χ0v) is 20.1. The minimum Gasteiger partial charge on any atom is -0.478 e. The maximum Gasteiger partial charge on any atom is 0.347 e. The Morgan fingerprint density at radius 2 is 1.69 bits per heavy atom. The lowest BCUT2D eigenvalue weighted by molar-refractivity contribution is -0.152. The van der Waals surface area contributed by atoms with E-state index >= 15 is 0 Å². The molecule has 0 atom stereocenters. The van der Waals surface area contributed by atoms with Crippen molar-refractivity contribution in [2.24, 2.45) is 0 Å². The Morgan fingerprint density at radius 1 is 1.03 bits per heavy atom. The molecule has 4 rings (SSSR count). The SMILES string of the molecule is CC(C)(Oc1ccc(CCn2c(=O)c(C3CCCC3)nn(Cc3ccccc3)c2=O)cc1)C(=O)O. The predicted octanol–water partition coefficient (Wildman–Crippen LogP) is 3.60. The van der Waals surface area contributed by atoms with Crippen LogP contribution in [0.25, 0.3) is 0 Å². The van der Waals surface area contributed by atoms with Gasteiger partial charge in [0.15, 0.2) is 5.60 Å². The molecule has 1 fully saturated rings. The van der Waals surface area contributed by atoms with E-state index in [4.69, 9.17) is 4.74 Å². The molecule has 0 unspecified atom stereocenters. The van der Waals surface area contributed by atoms with Gasteiger partial charge in [-0.3, -0.25) is 9.36 Å². The van der Waals surface area contributed by atoms with E-state index in [1.807, 2.05) is 42.5 Å². The van der Waals surface area contributed by atoms with Gasteiger partial charge in [0, 0.05) is 12.5 Å². The van der Waals surface area contributed by atoms with E-state index < -0.39 is 17.3 Å². The van der Waals surface area contributed by atoms with Crippen LogP contribution < -0.4 is 16.0 Å². The van der Waals surface area contributed by atoms with E-state index in [-0.39, 0.29) is 18.0 Å². The first-order valence-corrected chi connectivity index (χ1v) is 12.0. The standard InChI is InChI=1S/C27H31N3O5/c1-27(2,25(32)33)35-22-14-12-19(13-15-22)16-17-29-24(31)23(21-10-6-7-11-21)28-30(26(29)34)18-20-8-4-3-5-9-20/h3-5,8-9,12-15,21H,6-7,10-11,16-18H2,1-2H3,(H,32,33). The van der Waals surface area contributed by atoms with E-state index in [1.54, 1.807) is 12.1 Å². The van der Waals surface area contributed by atoms with Crippen LogP contribution in [0.4, 0.5) is 0 Å². The molecule has 1 N–H and O–H groups in total. The minimum atomic E-state index is -1.34. The Morgan fingerprint density at radius 3 is 2.31 bits per heavy atom. The zero-order valence-electron chi connectivity index (χ0n) is 20.1. The highest BCUT2D eigenvalue weighted by Gasteiger charge is 2.29. The van der Waals surface area contributed by atoms with Gasteiger partial charge in [-0.1, -0.05) is 55.3 Å². The number of aryl methyl sites for hydroxylation is 1. The topological polar surface area (TPSA) is 103 Å². The van der Waals surface area contributed by atoms with Crippen molar-refractivity contribution in [3.05, 3.63) is 92.3 Å². The fraction of sp³-hybridized carbons (Fsp3) is 0.407. The van der Waals surface area contributed by atoms with Gasteiger partial charge in [-0.05, 0) is 56.4 Å². The summed E-state index contributed by atoms with van der Waals surface area (Å²) in [4.78, 5) is 37.8. The first-order chi connectivity index (χ1) is 16.7. The third-order valence-corrected chi connectivity index (χ3v) is 6.50. The smallest absolute Gasteiger partial charge is 0.347 e. The van der Waals surface area contributed by atoms with Gasteiger partial charge in [0.2, 0.25) is 0 Å². The molecule has 1 saturated carbocycles. The summed E-state index contributed by atoms with van der Waals surface area (Å²) in [5, 5.41) is 13.8. The molecule has 2 aromatic carbocycles. The van der Waals surface area contributed by atoms with Crippen molar-refractivity contribution in [2.75, 3.05) is 0 Å². The molecule has 8 heteroatoms. The molecule has 0 spiro atoms. The molecule has 0 radical (unpaired) electrons. The Balaban J connectivity index is 1.58. The van der Waals surface area contributed by atoms with E-state index in [9.17, 15) is 19.5 Å². The van der Waals surface area contributed by atoms with Crippen LogP contribution in [-0.2, 0) is 24.3 Å². The van der Waals surface area contributed by atoms with Gasteiger partial charge in [-0.25, -0.2) is 14.3 Å². The van der Waals surface area contributed by atoms with Crippen molar-refractivity contribution >= 4 is 5.97 Å². The van der Waals surface area contributed by atoms with E-state index in [0.717, 1.165) is 36.8 Å². The largest absolute Gasteiger partial charge is 0.478 e. The second-order valence-corrected chi connectivity index (χ2v) is 9.56. The Bertz CT molecular complexity index is 1290. The molecular weight excluding hydrogens is 446 g/mol. The molecule has 184 valence electrons. The molecule has 3 aromatic rings. The van der Waals surface area contributed by atoms with Crippen molar-refractivity contribution < 1.29 is 14.6 Å². The fourth-order valence-corrected chi connectivity index (χ4v) is 4.40. The molecule has 0 bridgehead atoms. The van der Waals surface area contributed by atoms with Crippen LogP contribution in [0.15, 0.2) is 64.2 Å². The highest BCUT2D eigenvalue weighted by atomic mass is 16.5. The van der Waals surface area contributed by atoms with Crippen molar-refractivity contribution in [3.63, 3.8) is 0 Å². The predicted molar refractivity (Wildman–Crippen MR) is 132 cm³/mol. The number of carboxylic acid groups (broad SMARTS) is 1. The van der Waals surface area contributed by atoms with Crippen LogP contribution >= 0.6 is 0 Å². The maximum atomic E-state index is 13.3. The summed E-state index contributed by atoms with van der Waals surface area (Å²) in [6.45, 7) is 3.52. The van der Waals surface area contributed by atoms with Crippen molar-refractivity contribution in [2.45, 2.75) is 70.6 Å². The van der Waals surface area contributed by atoms with Gasteiger partial charge in [0.05, 0.1) is 6.54 Å². The molecule has 8 nitrogen and oxygen atoms in total. The molecule has 1 aliphatic rings. The number of carbonyl (C=O) groups is 1. The number of ether oxygens (including phenoxy) is 1. The quantitative estimate of drug-likeness (QED) is 0.505. The van der Waals surface area contributed by atoms with E-state index in [1.165, 1.54) is 23.1 Å². The Kier molecular flexibility index (Phi) is 7.19. The summed E-state index contributed by atoms with van der Waals surface area (Å²) in [5.41, 5.74) is 0.290. The average Bonchev–Trinajstić information content (AvgIpc) is 3.37. The lowest BCUT2D eigenvalue weighted by Gasteiger charge is -2.21. The fourth-order valence-electron chi connectivity index (χ4n) is 4.40. The molecular formula is C27H31N3O5. The highest BCUT2D eigenvalue weighted by Crippen LogP contribution is 2.31. The lowest BCUT2D eigenvalue weighted by Crippen LogP contribution is -2.44. The molecule has 1 heterocycles. The number of aromatic nitrogens is 3. The molecule has 1 aromatic heterocycles. The van der Waals surface area contributed by atoms with Crippen LogP contribution in [0.5, 0.6) is 5.75 Å². The first-order valence-electron chi connectivity index (χ1n) is 12.0. The van der Waals surface area contributed by atoms with Crippen LogP contribution in [0, 0.1) is 0 Å². The number of nitrogens with zero attached hydrogens (tertiary/aromatic N) is 3. The third kappa shape index (κ3) is 5.70. The van der Waals surface area contributed by atoms with Crippen LogP contribution in [0.3, 0.4) is 0 Å². The Labute approximate surface area is 203 Å². The number of rotatable bonds is 9. The van der Waals surface area contributed by atoms with Crippen molar-refractivity contribution in [1.29, 1.82) is 0 Å². The van der Waals surface area contributed by atoms with E-state index in [2.05, 4.69) is 5.10 Å². The number of carboxylic acids is 1. The summed E-state index contributed by atoms with van der Waals surface area (Å²) in [6.07, 6.45) is 4.43. The molecule has 35 heavy (non-hydrogen) atoms. The van der Waals surface area contributed by atoms with Crippen molar-refractivity contribution in [1.82, 2.24) is 14.3 Å². The minimum absolute atomic E-state index is 0.0883. The summed E-state index contributed by atoms with van der Waals surface area (Å²) >= 11 is 0. The van der Waals surface area contributed by atoms with E-state index in [0.29, 0.717) is 24.4 Å². The molecule has 0 amide bonds. The second-order valence-electron chi connectivity index (χ2n) is 9.56. The normalized spacial score (nSPS) is 14.2. The average molecular weight is 478 g/mol. The zero-order chi connectivity index (χ0) is 25.0. The summed E-state index contributed by atoms with van der Waals surface area (Å²) in [5.74, 6) is -0.523. The van der Waals surface area contributed by atoms with Crippen LogP contribution in [-0.4, -0.2) is 31.0 Å². The van der Waals surface area contributed by atoms with Crippen molar-refractivity contribution in [3.8, 4) is 5.75 Å².